The van der Waals surface area contributed by atoms with Gasteiger partial charge in [-0.25, -0.2) is 4.79 Å². The van der Waals surface area contributed by atoms with Gasteiger partial charge in [-0.15, -0.1) is 0 Å². The number of aryl methyl sites for hydroxylation is 1. The van der Waals surface area contributed by atoms with Crippen molar-refractivity contribution in [3.8, 4) is 6.07 Å². The minimum absolute atomic E-state index is 0.372. The molecule has 2 amide bonds. The van der Waals surface area contributed by atoms with Crippen molar-refractivity contribution in [3.05, 3.63) is 106 Å². The van der Waals surface area contributed by atoms with E-state index in [9.17, 15) is 10.1 Å². The summed E-state index contributed by atoms with van der Waals surface area (Å²) in [5, 5.41) is 18.5. The number of carbonyl (C=O) groups is 1. The molecule has 4 aromatic carbocycles. The normalized spacial score (nSPS) is 11.6. The van der Waals surface area contributed by atoms with E-state index in [4.69, 9.17) is 23.2 Å². The fourth-order valence-electron chi connectivity index (χ4n) is 3.65. The Hall–Kier alpha value is -3.52. The van der Waals surface area contributed by atoms with Gasteiger partial charge in [-0.2, -0.15) is 5.26 Å². The van der Waals surface area contributed by atoms with Crippen LogP contribution < -0.4 is 10.6 Å². The first-order valence-electron chi connectivity index (χ1n) is 9.97. The van der Waals surface area contributed by atoms with Gasteiger partial charge in [-0.1, -0.05) is 77.8 Å². The third-order valence-corrected chi connectivity index (χ3v) is 5.85. The van der Waals surface area contributed by atoms with Gasteiger partial charge in [0, 0.05) is 21.1 Å². The molecular weight excluding hydrogens is 441 g/mol. The number of urea groups is 1. The third kappa shape index (κ3) is 4.55. The van der Waals surface area contributed by atoms with Gasteiger partial charge in [0.05, 0.1) is 17.7 Å². The summed E-state index contributed by atoms with van der Waals surface area (Å²) in [5.41, 5.74) is 3.56. The number of benzene rings is 4. The van der Waals surface area contributed by atoms with E-state index < -0.39 is 5.92 Å². The second kappa shape index (κ2) is 9.32. The SMILES string of the molecule is Cc1cc([C@@H](C#N)c2ccc(Cl)cc2)c(Cl)cc1NC(=O)Nc1cccc2ccccc12. The maximum atomic E-state index is 12.7. The topological polar surface area (TPSA) is 64.9 Å². The average Bonchev–Trinajstić information content (AvgIpc) is 2.79. The molecule has 0 bridgehead atoms. The van der Waals surface area contributed by atoms with Crippen molar-refractivity contribution in [2.24, 2.45) is 0 Å². The lowest BCUT2D eigenvalue weighted by atomic mass is 9.91. The fraction of sp³-hybridized carbons (Fsp3) is 0.0769. The number of amides is 2. The minimum atomic E-state index is -0.544. The van der Waals surface area contributed by atoms with Crippen molar-refractivity contribution in [1.82, 2.24) is 0 Å². The number of carbonyl (C=O) groups excluding carboxylic acids is 1. The van der Waals surface area contributed by atoms with E-state index in [2.05, 4.69) is 16.7 Å². The Labute approximate surface area is 196 Å². The van der Waals surface area contributed by atoms with E-state index in [1.807, 2.05) is 67.6 Å². The maximum absolute atomic E-state index is 12.7. The summed E-state index contributed by atoms with van der Waals surface area (Å²) in [4.78, 5) is 12.7. The van der Waals surface area contributed by atoms with Crippen molar-refractivity contribution in [2.75, 3.05) is 10.6 Å². The van der Waals surface area contributed by atoms with Gasteiger partial charge in [0.1, 0.15) is 0 Å². The summed E-state index contributed by atoms with van der Waals surface area (Å²) < 4.78 is 0. The molecule has 0 aromatic heterocycles. The predicted octanol–water partition coefficient (Wildman–Crippen LogP) is 7.75. The van der Waals surface area contributed by atoms with Crippen LogP contribution in [0.4, 0.5) is 16.2 Å². The van der Waals surface area contributed by atoms with Gasteiger partial charge in [0.15, 0.2) is 0 Å². The van der Waals surface area contributed by atoms with Crippen LogP contribution in [-0.4, -0.2) is 6.03 Å². The summed E-state index contributed by atoms with van der Waals surface area (Å²) in [7, 11) is 0. The molecule has 0 fully saturated rings. The van der Waals surface area contributed by atoms with Crippen LogP contribution in [0.2, 0.25) is 10.0 Å². The molecule has 0 radical (unpaired) electrons. The van der Waals surface area contributed by atoms with Crippen molar-refractivity contribution in [1.29, 1.82) is 5.26 Å². The highest BCUT2D eigenvalue weighted by Gasteiger charge is 2.19. The molecule has 1 atom stereocenters. The molecule has 0 spiro atoms. The van der Waals surface area contributed by atoms with Crippen molar-refractivity contribution >= 4 is 51.4 Å². The van der Waals surface area contributed by atoms with Crippen LogP contribution in [0.1, 0.15) is 22.6 Å². The lowest BCUT2D eigenvalue weighted by Crippen LogP contribution is -2.20. The average molecular weight is 460 g/mol. The molecule has 2 N–H and O–H groups in total. The monoisotopic (exact) mass is 459 g/mol. The molecule has 0 unspecified atom stereocenters. The van der Waals surface area contributed by atoms with Gasteiger partial charge in [-0.05, 0) is 53.3 Å². The summed E-state index contributed by atoms with van der Waals surface area (Å²) in [5.74, 6) is -0.544. The number of hydrogen-bond donors (Lipinski definition) is 2. The van der Waals surface area contributed by atoms with Crippen molar-refractivity contribution < 1.29 is 4.79 Å². The van der Waals surface area contributed by atoms with Gasteiger partial charge >= 0.3 is 6.03 Å². The Kier molecular flexibility index (Phi) is 6.32. The molecule has 0 saturated carbocycles. The highest BCUT2D eigenvalue weighted by Crippen LogP contribution is 2.34. The molecule has 0 aliphatic heterocycles. The van der Waals surface area contributed by atoms with E-state index in [-0.39, 0.29) is 6.03 Å². The smallest absolute Gasteiger partial charge is 0.307 e. The third-order valence-electron chi connectivity index (χ3n) is 5.27. The molecule has 4 nitrogen and oxygen atoms in total. The van der Waals surface area contributed by atoms with E-state index in [1.165, 1.54) is 0 Å². The second-order valence-electron chi connectivity index (χ2n) is 7.41. The van der Waals surface area contributed by atoms with Crippen LogP contribution in [0.15, 0.2) is 78.9 Å². The van der Waals surface area contributed by atoms with Crippen LogP contribution in [-0.2, 0) is 0 Å². The Morgan fingerprint density at radius 1 is 0.906 bits per heavy atom. The van der Waals surface area contributed by atoms with Crippen LogP contribution in [0.3, 0.4) is 0 Å². The Morgan fingerprint density at radius 2 is 1.59 bits per heavy atom. The molecule has 0 aliphatic rings. The van der Waals surface area contributed by atoms with Crippen LogP contribution in [0, 0.1) is 18.3 Å². The zero-order valence-electron chi connectivity index (χ0n) is 17.2. The Morgan fingerprint density at radius 3 is 2.34 bits per heavy atom. The Bertz CT molecular complexity index is 1340. The van der Waals surface area contributed by atoms with Gasteiger partial charge in [0.25, 0.3) is 0 Å². The van der Waals surface area contributed by atoms with Gasteiger partial charge in [-0.3, -0.25) is 0 Å². The molecule has 4 aromatic rings. The van der Waals surface area contributed by atoms with Crippen molar-refractivity contribution in [3.63, 3.8) is 0 Å². The minimum Gasteiger partial charge on any atom is -0.307 e. The van der Waals surface area contributed by atoms with Crippen LogP contribution in [0.5, 0.6) is 0 Å². The summed E-state index contributed by atoms with van der Waals surface area (Å²) in [6.45, 7) is 1.86. The number of rotatable bonds is 4. The van der Waals surface area contributed by atoms with E-state index in [1.54, 1.807) is 18.2 Å². The molecule has 0 aliphatic carbocycles. The number of fused-ring (bicyclic) bond motifs is 1. The summed E-state index contributed by atoms with van der Waals surface area (Å²) >= 11 is 12.5. The number of halogens is 2. The lowest BCUT2D eigenvalue weighted by molar-refractivity contribution is 0.262. The number of nitriles is 1. The molecular formula is C26H19Cl2N3O. The highest BCUT2D eigenvalue weighted by molar-refractivity contribution is 6.32. The number of nitrogens with zero attached hydrogens (tertiary/aromatic N) is 1. The summed E-state index contributed by atoms with van der Waals surface area (Å²) in [6, 6.07) is 26.1. The Balaban J connectivity index is 1.57. The summed E-state index contributed by atoms with van der Waals surface area (Å²) in [6.07, 6.45) is 0. The van der Waals surface area contributed by atoms with Crippen molar-refractivity contribution in [2.45, 2.75) is 12.8 Å². The van der Waals surface area contributed by atoms with Gasteiger partial charge < -0.3 is 10.6 Å². The second-order valence-corrected chi connectivity index (χ2v) is 8.25. The molecule has 4 rings (SSSR count). The largest absolute Gasteiger partial charge is 0.323 e. The first-order chi connectivity index (χ1) is 15.5. The number of nitrogens with one attached hydrogen (secondary N) is 2. The van der Waals surface area contributed by atoms with Crippen LogP contribution >= 0.6 is 23.2 Å². The molecule has 158 valence electrons. The van der Waals surface area contributed by atoms with E-state index in [0.29, 0.717) is 27.0 Å². The van der Waals surface area contributed by atoms with Crippen LogP contribution in [0.25, 0.3) is 10.8 Å². The molecule has 6 heteroatoms. The maximum Gasteiger partial charge on any atom is 0.323 e. The first-order valence-corrected chi connectivity index (χ1v) is 10.7. The highest BCUT2D eigenvalue weighted by atomic mass is 35.5. The molecule has 32 heavy (non-hydrogen) atoms. The number of hydrogen-bond acceptors (Lipinski definition) is 2. The zero-order chi connectivity index (χ0) is 22.7. The number of anilines is 2. The van der Waals surface area contributed by atoms with Gasteiger partial charge in [0.2, 0.25) is 0 Å². The zero-order valence-corrected chi connectivity index (χ0v) is 18.7. The standard InChI is InChI=1S/C26H19Cl2N3O/c1-16-13-21(22(15-29)18-9-11-19(27)12-10-18)23(28)14-25(16)31-26(32)30-24-8-4-6-17-5-2-3-7-20(17)24/h2-14,22H,1H3,(H2,30,31,32)/t22-/m0/s1. The fourth-order valence-corrected chi connectivity index (χ4v) is 4.05. The molecule has 0 heterocycles. The predicted molar refractivity (Wildman–Crippen MR) is 132 cm³/mol. The van der Waals surface area contributed by atoms with E-state index >= 15 is 0 Å². The quantitative estimate of drug-likeness (QED) is 0.327. The molecule has 0 saturated heterocycles. The lowest BCUT2D eigenvalue weighted by Gasteiger charge is -2.17. The first kappa shape index (κ1) is 21.7. The van der Waals surface area contributed by atoms with E-state index in [0.717, 1.165) is 21.9 Å².